The van der Waals surface area contributed by atoms with Crippen molar-refractivity contribution in [3.63, 3.8) is 0 Å². The molecule has 0 bridgehead atoms. The van der Waals surface area contributed by atoms with Crippen LogP contribution in [0.2, 0.25) is 0 Å². The second-order valence-corrected chi connectivity index (χ2v) is 4.64. The molecule has 0 unspecified atom stereocenters. The number of nitrogens with one attached hydrogen (secondary N) is 1. The minimum absolute atomic E-state index is 0.126. The second-order valence-electron chi connectivity index (χ2n) is 4.64. The zero-order chi connectivity index (χ0) is 13.8. The van der Waals surface area contributed by atoms with E-state index in [-0.39, 0.29) is 18.4 Å². The topological polar surface area (TPSA) is 75.2 Å². The van der Waals surface area contributed by atoms with Crippen LogP contribution < -0.4 is 5.32 Å². The molecule has 1 aliphatic rings. The number of carbonyl (C=O) groups excluding carboxylic acids is 2. The molecule has 1 saturated heterocycles. The predicted molar refractivity (Wildman–Crippen MR) is 70.3 cm³/mol. The van der Waals surface area contributed by atoms with Crippen LogP contribution in [0.4, 0.5) is 5.82 Å². The van der Waals surface area contributed by atoms with E-state index < -0.39 is 0 Å². The lowest BCUT2D eigenvalue weighted by Crippen LogP contribution is -2.35. The summed E-state index contributed by atoms with van der Waals surface area (Å²) in [5, 5.41) is 2.94. The molecule has 1 aromatic heterocycles. The summed E-state index contributed by atoms with van der Waals surface area (Å²) in [4.78, 5) is 33.6. The molecule has 2 amide bonds. The van der Waals surface area contributed by atoms with Crippen molar-refractivity contribution < 1.29 is 9.59 Å². The van der Waals surface area contributed by atoms with Gasteiger partial charge in [-0.3, -0.25) is 14.5 Å². The number of carbonyl (C=O) groups is 2. The van der Waals surface area contributed by atoms with Crippen LogP contribution in [0.1, 0.15) is 37.2 Å². The molecule has 0 radical (unpaired) electrons. The number of nitrogens with zero attached hydrogens (tertiary/aromatic N) is 3. The van der Waals surface area contributed by atoms with Crippen LogP contribution in [-0.4, -0.2) is 33.7 Å². The van der Waals surface area contributed by atoms with Gasteiger partial charge in [0.1, 0.15) is 5.82 Å². The fourth-order valence-corrected chi connectivity index (χ4v) is 2.11. The maximum absolute atomic E-state index is 11.9. The SMILES string of the molecule is CNc1cc(C)nc(CN2C(=O)CCCCC2=O)n1. The van der Waals surface area contributed by atoms with Gasteiger partial charge in [-0.25, -0.2) is 9.97 Å². The van der Waals surface area contributed by atoms with Crippen LogP contribution in [0.3, 0.4) is 0 Å². The summed E-state index contributed by atoms with van der Waals surface area (Å²) in [5.74, 6) is 0.933. The van der Waals surface area contributed by atoms with E-state index in [1.54, 1.807) is 7.05 Å². The Morgan fingerprint density at radius 1 is 1.21 bits per heavy atom. The van der Waals surface area contributed by atoms with E-state index in [2.05, 4.69) is 15.3 Å². The Kier molecular flexibility index (Phi) is 4.09. The van der Waals surface area contributed by atoms with Crippen molar-refractivity contribution in [3.05, 3.63) is 17.6 Å². The minimum atomic E-state index is -0.126. The third kappa shape index (κ3) is 3.27. The molecule has 0 atom stereocenters. The van der Waals surface area contributed by atoms with E-state index in [1.165, 1.54) is 4.90 Å². The molecule has 6 heteroatoms. The van der Waals surface area contributed by atoms with Crippen LogP contribution in [-0.2, 0) is 16.1 Å². The highest BCUT2D eigenvalue weighted by atomic mass is 16.2. The molecule has 0 spiro atoms. The molecule has 1 N–H and O–H groups in total. The lowest BCUT2D eigenvalue weighted by atomic mass is 10.2. The Labute approximate surface area is 112 Å². The van der Waals surface area contributed by atoms with Crippen molar-refractivity contribution in [2.24, 2.45) is 0 Å². The predicted octanol–water partition coefficient (Wildman–Crippen LogP) is 1.26. The maximum atomic E-state index is 11.9. The number of hydrogen-bond acceptors (Lipinski definition) is 5. The third-order valence-corrected chi connectivity index (χ3v) is 3.09. The number of likely N-dealkylation sites (tertiary alicyclic amines) is 1. The molecule has 2 rings (SSSR count). The molecule has 102 valence electrons. The first-order valence-corrected chi connectivity index (χ1v) is 6.45. The van der Waals surface area contributed by atoms with Gasteiger partial charge in [0.15, 0.2) is 5.82 Å². The van der Waals surface area contributed by atoms with Gasteiger partial charge < -0.3 is 5.32 Å². The lowest BCUT2D eigenvalue weighted by molar-refractivity contribution is -0.144. The molecular formula is C13H18N4O2. The smallest absolute Gasteiger partial charge is 0.229 e. The third-order valence-electron chi connectivity index (χ3n) is 3.09. The van der Waals surface area contributed by atoms with Crippen molar-refractivity contribution >= 4 is 17.6 Å². The minimum Gasteiger partial charge on any atom is -0.373 e. The molecule has 1 aromatic rings. The van der Waals surface area contributed by atoms with E-state index in [9.17, 15) is 9.59 Å². The Balaban J connectivity index is 2.21. The van der Waals surface area contributed by atoms with Gasteiger partial charge in [-0.05, 0) is 19.8 Å². The van der Waals surface area contributed by atoms with Gasteiger partial charge in [0.25, 0.3) is 0 Å². The second kappa shape index (κ2) is 5.77. The molecule has 6 nitrogen and oxygen atoms in total. The number of rotatable bonds is 3. The van der Waals surface area contributed by atoms with Crippen LogP contribution in [0, 0.1) is 6.92 Å². The largest absolute Gasteiger partial charge is 0.373 e. The highest BCUT2D eigenvalue weighted by Gasteiger charge is 2.25. The summed E-state index contributed by atoms with van der Waals surface area (Å²) in [7, 11) is 1.77. The van der Waals surface area contributed by atoms with Crippen LogP contribution in [0.15, 0.2) is 6.07 Å². The number of hydrogen-bond donors (Lipinski definition) is 1. The zero-order valence-corrected chi connectivity index (χ0v) is 11.3. The number of aromatic nitrogens is 2. The van der Waals surface area contributed by atoms with Crippen LogP contribution >= 0.6 is 0 Å². The summed E-state index contributed by atoms with van der Waals surface area (Å²) >= 11 is 0. The first-order valence-electron chi connectivity index (χ1n) is 6.45. The highest BCUT2D eigenvalue weighted by molar-refractivity contribution is 5.95. The average molecular weight is 262 g/mol. The summed E-state index contributed by atoms with van der Waals surface area (Å²) < 4.78 is 0. The van der Waals surface area contributed by atoms with E-state index in [1.807, 2.05) is 13.0 Å². The Morgan fingerprint density at radius 2 is 1.84 bits per heavy atom. The van der Waals surface area contributed by atoms with Crippen LogP contribution in [0.5, 0.6) is 0 Å². The van der Waals surface area contributed by atoms with Gasteiger partial charge in [0.2, 0.25) is 11.8 Å². The number of amides is 2. The van der Waals surface area contributed by atoms with Gasteiger partial charge in [-0.2, -0.15) is 0 Å². The van der Waals surface area contributed by atoms with Gasteiger partial charge in [-0.1, -0.05) is 0 Å². The summed E-state index contributed by atoms with van der Waals surface area (Å²) in [6.45, 7) is 2.02. The number of aryl methyl sites for hydroxylation is 1. The van der Waals surface area contributed by atoms with Crippen LogP contribution in [0.25, 0.3) is 0 Å². The first-order chi connectivity index (χ1) is 9.10. The summed E-state index contributed by atoms with van der Waals surface area (Å²) in [6.07, 6.45) is 2.40. The molecule has 0 aliphatic carbocycles. The summed E-state index contributed by atoms with van der Waals surface area (Å²) in [5.41, 5.74) is 0.809. The van der Waals surface area contributed by atoms with Crippen molar-refractivity contribution in [1.82, 2.24) is 14.9 Å². The maximum Gasteiger partial charge on any atom is 0.229 e. The monoisotopic (exact) mass is 262 g/mol. The molecular weight excluding hydrogens is 244 g/mol. The fourth-order valence-electron chi connectivity index (χ4n) is 2.11. The van der Waals surface area contributed by atoms with Crippen molar-refractivity contribution in [3.8, 4) is 0 Å². The Morgan fingerprint density at radius 3 is 2.42 bits per heavy atom. The lowest BCUT2D eigenvalue weighted by Gasteiger charge is -2.18. The molecule has 1 aliphatic heterocycles. The molecule has 19 heavy (non-hydrogen) atoms. The van der Waals surface area contributed by atoms with Gasteiger partial charge in [-0.15, -0.1) is 0 Å². The van der Waals surface area contributed by atoms with E-state index in [0.717, 1.165) is 18.5 Å². The highest BCUT2D eigenvalue weighted by Crippen LogP contribution is 2.15. The number of anilines is 1. The molecule has 0 saturated carbocycles. The molecule has 0 aromatic carbocycles. The number of imide groups is 1. The molecule has 2 heterocycles. The average Bonchev–Trinajstić information content (AvgIpc) is 2.53. The standard InChI is InChI=1S/C13H18N4O2/c1-9-7-10(14-2)16-11(15-9)8-17-12(18)5-3-4-6-13(17)19/h7H,3-6,8H2,1-2H3,(H,14,15,16). The van der Waals surface area contributed by atoms with E-state index in [4.69, 9.17) is 0 Å². The van der Waals surface area contributed by atoms with Gasteiger partial charge >= 0.3 is 0 Å². The first kappa shape index (κ1) is 13.5. The fraction of sp³-hybridized carbons (Fsp3) is 0.538. The summed E-state index contributed by atoms with van der Waals surface area (Å²) in [6, 6.07) is 1.82. The van der Waals surface area contributed by atoms with Crippen molar-refractivity contribution in [1.29, 1.82) is 0 Å². The van der Waals surface area contributed by atoms with Gasteiger partial charge in [0, 0.05) is 31.6 Å². The molecule has 1 fully saturated rings. The Bertz CT molecular complexity index is 483. The normalized spacial score (nSPS) is 16.4. The van der Waals surface area contributed by atoms with Crippen molar-refractivity contribution in [2.75, 3.05) is 12.4 Å². The Hall–Kier alpha value is -1.98. The van der Waals surface area contributed by atoms with Gasteiger partial charge in [0.05, 0.1) is 6.54 Å². The zero-order valence-electron chi connectivity index (χ0n) is 11.3. The quantitative estimate of drug-likeness (QED) is 0.830. The van der Waals surface area contributed by atoms with E-state index in [0.29, 0.717) is 24.5 Å². The van der Waals surface area contributed by atoms with Crippen molar-refractivity contribution in [2.45, 2.75) is 39.2 Å². The van der Waals surface area contributed by atoms with E-state index >= 15 is 0 Å².